The van der Waals surface area contributed by atoms with Crippen molar-refractivity contribution in [2.24, 2.45) is 0 Å². The van der Waals surface area contributed by atoms with Gasteiger partial charge in [-0.1, -0.05) is 26.2 Å². The second kappa shape index (κ2) is 9.23. The molecule has 122 valence electrons. The first-order valence-corrected chi connectivity index (χ1v) is 7.66. The van der Waals surface area contributed by atoms with E-state index in [1.54, 1.807) is 13.0 Å². The van der Waals surface area contributed by atoms with Gasteiger partial charge in [-0.05, 0) is 31.1 Å². The van der Waals surface area contributed by atoms with Crippen LogP contribution in [-0.2, 0) is 4.79 Å². The molecule has 0 radical (unpaired) electrons. The summed E-state index contributed by atoms with van der Waals surface area (Å²) in [6, 6.07) is 2.83. The number of rotatable bonds is 9. The number of carbonyl (C=O) groups excluding carboxylic acids is 1. The van der Waals surface area contributed by atoms with Crippen molar-refractivity contribution >= 4 is 11.4 Å². The first-order valence-electron chi connectivity index (χ1n) is 7.66. The second-order valence-corrected chi connectivity index (χ2v) is 5.29. The zero-order valence-electron chi connectivity index (χ0n) is 13.9. The van der Waals surface area contributed by atoms with Gasteiger partial charge < -0.3 is 9.47 Å². The molecule has 0 fully saturated rings. The molecule has 0 aromatic heterocycles. The summed E-state index contributed by atoms with van der Waals surface area (Å²) in [5, 5.41) is 0. The zero-order valence-corrected chi connectivity index (χ0v) is 13.9. The Hall–Kier alpha value is -1.84. The SMILES string of the molecule is CCCCCCC(=O)/C=C(\C)c1cc(OC)c(OC)cc1F. The van der Waals surface area contributed by atoms with Crippen molar-refractivity contribution in [1.82, 2.24) is 0 Å². The van der Waals surface area contributed by atoms with Crippen molar-refractivity contribution < 1.29 is 18.7 Å². The Kier molecular flexibility index (Phi) is 7.64. The van der Waals surface area contributed by atoms with Gasteiger partial charge in [-0.15, -0.1) is 0 Å². The van der Waals surface area contributed by atoms with Crippen LogP contribution in [0.25, 0.3) is 5.57 Å². The minimum atomic E-state index is -0.426. The molecule has 0 amide bonds. The Labute approximate surface area is 132 Å². The van der Waals surface area contributed by atoms with E-state index in [2.05, 4.69) is 6.92 Å². The van der Waals surface area contributed by atoms with Crippen LogP contribution in [0.5, 0.6) is 11.5 Å². The van der Waals surface area contributed by atoms with Crippen LogP contribution >= 0.6 is 0 Å². The van der Waals surface area contributed by atoms with Gasteiger partial charge in [0.25, 0.3) is 0 Å². The smallest absolute Gasteiger partial charge is 0.163 e. The Morgan fingerprint density at radius 2 is 1.77 bits per heavy atom. The Morgan fingerprint density at radius 3 is 2.36 bits per heavy atom. The summed E-state index contributed by atoms with van der Waals surface area (Å²) >= 11 is 0. The number of ether oxygens (including phenoxy) is 2. The molecule has 3 nitrogen and oxygen atoms in total. The van der Waals surface area contributed by atoms with Crippen LogP contribution in [0.1, 0.15) is 51.5 Å². The van der Waals surface area contributed by atoms with Gasteiger partial charge in [0.2, 0.25) is 0 Å². The monoisotopic (exact) mass is 308 g/mol. The Morgan fingerprint density at radius 1 is 1.14 bits per heavy atom. The van der Waals surface area contributed by atoms with Crippen LogP contribution in [0.4, 0.5) is 4.39 Å². The molecule has 22 heavy (non-hydrogen) atoms. The van der Waals surface area contributed by atoms with E-state index in [1.807, 2.05) is 0 Å². The average Bonchev–Trinajstić information content (AvgIpc) is 2.51. The number of carbonyl (C=O) groups is 1. The maximum absolute atomic E-state index is 14.1. The first-order chi connectivity index (χ1) is 10.5. The van der Waals surface area contributed by atoms with Crippen LogP contribution in [0.3, 0.4) is 0 Å². The lowest BCUT2D eigenvalue weighted by Crippen LogP contribution is -1.98. The predicted octanol–water partition coefficient (Wildman–Crippen LogP) is 4.79. The molecule has 0 saturated carbocycles. The summed E-state index contributed by atoms with van der Waals surface area (Å²) in [6.07, 6.45) is 6.23. The lowest BCUT2D eigenvalue weighted by Gasteiger charge is -2.11. The number of unbranched alkanes of at least 4 members (excludes halogenated alkanes) is 3. The molecule has 0 N–H and O–H groups in total. The zero-order chi connectivity index (χ0) is 16.5. The van der Waals surface area contributed by atoms with E-state index in [0.29, 0.717) is 29.1 Å². The molecule has 0 aliphatic rings. The quantitative estimate of drug-likeness (QED) is 0.486. The highest BCUT2D eigenvalue weighted by atomic mass is 19.1. The van der Waals surface area contributed by atoms with Crippen molar-refractivity contribution in [2.75, 3.05) is 14.2 Å². The van der Waals surface area contributed by atoms with Crippen LogP contribution in [0.2, 0.25) is 0 Å². The highest BCUT2D eigenvalue weighted by Gasteiger charge is 2.13. The topological polar surface area (TPSA) is 35.5 Å². The summed E-state index contributed by atoms with van der Waals surface area (Å²) in [7, 11) is 2.96. The molecule has 0 aliphatic carbocycles. The number of hydrogen-bond donors (Lipinski definition) is 0. The standard InChI is InChI=1S/C18H25FO3/c1-5-6-7-8-9-14(20)10-13(2)15-11-17(21-3)18(22-4)12-16(15)19/h10-12H,5-9H2,1-4H3/b13-10+. The fraction of sp³-hybridized carbons (Fsp3) is 0.500. The lowest BCUT2D eigenvalue weighted by molar-refractivity contribution is -0.114. The number of methoxy groups -OCH3 is 2. The predicted molar refractivity (Wildman–Crippen MR) is 86.9 cm³/mol. The fourth-order valence-corrected chi connectivity index (χ4v) is 2.27. The Bertz CT molecular complexity index is 535. The van der Waals surface area contributed by atoms with Crippen LogP contribution in [0, 0.1) is 5.82 Å². The van der Waals surface area contributed by atoms with E-state index in [9.17, 15) is 9.18 Å². The molecule has 1 aromatic carbocycles. The molecule has 0 saturated heterocycles. The maximum atomic E-state index is 14.1. The molecule has 0 heterocycles. The van der Waals surface area contributed by atoms with Gasteiger partial charge in [-0.25, -0.2) is 4.39 Å². The van der Waals surface area contributed by atoms with E-state index < -0.39 is 5.82 Å². The summed E-state index contributed by atoms with van der Waals surface area (Å²) in [4.78, 5) is 11.9. The molecule has 0 spiro atoms. The van der Waals surface area contributed by atoms with Gasteiger partial charge in [0, 0.05) is 18.1 Å². The normalized spacial score (nSPS) is 11.4. The summed E-state index contributed by atoms with van der Waals surface area (Å²) in [5.74, 6) is 0.387. The van der Waals surface area contributed by atoms with Gasteiger partial charge in [-0.3, -0.25) is 4.79 Å². The second-order valence-electron chi connectivity index (χ2n) is 5.29. The largest absolute Gasteiger partial charge is 0.493 e. The van der Waals surface area contributed by atoms with Crippen molar-refractivity contribution in [3.63, 3.8) is 0 Å². The van der Waals surface area contributed by atoms with E-state index in [4.69, 9.17) is 9.47 Å². The van der Waals surface area contributed by atoms with Gasteiger partial charge in [0.1, 0.15) is 5.82 Å². The minimum Gasteiger partial charge on any atom is -0.493 e. The Balaban J connectivity index is 2.85. The molecular weight excluding hydrogens is 283 g/mol. The highest BCUT2D eigenvalue weighted by molar-refractivity contribution is 5.96. The number of benzene rings is 1. The van der Waals surface area contributed by atoms with Gasteiger partial charge in [0.15, 0.2) is 17.3 Å². The summed E-state index contributed by atoms with van der Waals surface area (Å²) in [5.41, 5.74) is 0.957. The summed E-state index contributed by atoms with van der Waals surface area (Å²) < 4.78 is 24.4. The third kappa shape index (κ3) is 5.17. The van der Waals surface area contributed by atoms with Gasteiger partial charge >= 0.3 is 0 Å². The molecule has 1 rings (SSSR count). The van der Waals surface area contributed by atoms with Crippen molar-refractivity contribution in [2.45, 2.75) is 46.0 Å². The summed E-state index contributed by atoms with van der Waals surface area (Å²) in [6.45, 7) is 3.86. The van der Waals surface area contributed by atoms with Crippen LogP contribution in [-0.4, -0.2) is 20.0 Å². The van der Waals surface area contributed by atoms with Gasteiger partial charge in [0.05, 0.1) is 14.2 Å². The first kappa shape index (κ1) is 18.2. The fourth-order valence-electron chi connectivity index (χ4n) is 2.27. The molecular formula is C18H25FO3. The molecule has 0 aliphatic heterocycles. The maximum Gasteiger partial charge on any atom is 0.163 e. The molecule has 0 atom stereocenters. The number of allylic oxidation sites excluding steroid dienone is 2. The lowest BCUT2D eigenvalue weighted by atomic mass is 10.0. The molecule has 0 bridgehead atoms. The van der Waals surface area contributed by atoms with Crippen molar-refractivity contribution in [1.29, 1.82) is 0 Å². The number of halogens is 1. The third-order valence-corrected chi connectivity index (χ3v) is 3.55. The van der Waals surface area contributed by atoms with Crippen molar-refractivity contribution in [3.8, 4) is 11.5 Å². The van der Waals surface area contributed by atoms with Gasteiger partial charge in [-0.2, -0.15) is 0 Å². The minimum absolute atomic E-state index is 0.0304. The van der Waals surface area contributed by atoms with E-state index in [-0.39, 0.29) is 5.78 Å². The number of ketones is 1. The molecule has 0 unspecified atom stereocenters. The van der Waals surface area contributed by atoms with Crippen LogP contribution in [0.15, 0.2) is 18.2 Å². The average molecular weight is 308 g/mol. The van der Waals surface area contributed by atoms with E-state index in [1.165, 1.54) is 26.4 Å². The molecule has 1 aromatic rings. The van der Waals surface area contributed by atoms with Crippen LogP contribution < -0.4 is 9.47 Å². The van der Waals surface area contributed by atoms with E-state index >= 15 is 0 Å². The van der Waals surface area contributed by atoms with Crippen molar-refractivity contribution in [3.05, 3.63) is 29.6 Å². The third-order valence-electron chi connectivity index (χ3n) is 3.55. The highest BCUT2D eigenvalue weighted by Crippen LogP contribution is 2.32. The molecule has 4 heteroatoms. The van der Waals surface area contributed by atoms with E-state index in [0.717, 1.165) is 25.7 Å². The number of hydrogen-bond acceptors (Lipinski definition) is 3.